The van der Waals surface area contributed by atoms with Crippen LogP contribution in [0.5, 0.6) is 5.88 Å². The standard InChI is InChI=1S/C9H9NO2/c1-2-6-12-9-8(7-11)4-3-5-10-9/h2-5,7H,1,6H2. The zero-order valence-corrected chi connectivity index (χ0v) is 6.56. The lowest BCUT2D eigenvalue weighted by Gasteiger charge is -2.02. The highest BCUT2D eigenvalue weighted by molar-refractivity contribution is 5.77. The molecule has 0 N–H and O–H groups in total. The Bertz CT molecular complexity index is 284. The molecular formula is C9H9NO2. The highest BCUT2D eigenvalue weighted by atomic mass is 16.5. The third-order valence-electron chi connectivity index (χ3n) is 1.27. The van der Waals surface area contributed by atoms with Crippen molar-refractivity contribution in [2.75, 3.05) is 6.61 Å². The molecule has 12 heavy (non-hydrogen) atoms. The molecule has 0 atom stereocenters. The molecule has 0 saturated heterocycles. The summed E-state index contributed by atoms with van der Waals surface area (Å²) in [6.07, 6.45) is 3.89. The molecule has 0 fully saturated rings. The fraction of sp³-hybridized carbons (Fsp3) is 0.111. The summed E-state index contributed by atoms with van der Waals surface area (Å²) in [7, 11) is 0. The van der Waals surface area contributed by atoms with Crippen LogP contribution in [0.4, 0.5) is 0 Å². The van der Waals surface area contributed by atoms with Crippen LogP contribution in [0.25, 0.3) is 0 Å². The molecule has 1 aromatic rings. The van der Waals surface area contributed by atoms with Gasteiger partial charge in [0.05, 0.1) is 5.56 Å². The van der Waals surface area contributed by atoms with Gasteiger partial charge in [0.2, 0.25) is 5.88 Å². The molecular weight excluding hydrogens is 154 g/mol. The van der Waals surface area contributed by atoms with Gasteiger partial charge in [-0.1, -0.05) is 12.7 Å². The molecule has 62 valence electrons. The minimum atomic E-state index is 0.354. The van der Waals surface area contributed by atoms with Crippen molar-refractivity contribution in [1.82, 2.24) is 4.98 Å². The van der Waals surface area contributed by atoms with Gasteiger partial charge < -0.3 is 4.74 Å². The maximum absolute atomic E-state index is 10.4. The van der Waals surface area contributed by atoms with Crippen molar-refractivity contribution in [2.24, 2.45) is 0 Å². The van der Waals surface area contributed by atoms with E-state index in [1.54, 1.807) is 24.4 Å². The van der Waals surface area contributed by atoms with Crippen molar-refractivity contribution >= 4 is 6.29 Å². The second-order valence-electron chi connectivity index (χ2n) is 2.12. The Morgan fingerprint density at radius 2 is 2.50 bits per heavy atom. The van der Waals surface area contributed by atoms with Crippen LogP contribution in [-0.2, 0) is 0 Å². The highest BCUT2D eigenvalue weighted by Gasteiger charge is 2.00. The first-order valence-corrected chi connectivity index (χ1v) is 3.52. The van der Waals surface area contributed by atoms with Crippen molar-refractivity contribution in [1.29, 1.82) is 0 Å². The molecule has 3 nitrogen and oxygen atoms in total. The number of carbonyl (C=O) groups is 1. The first-order valence-electron chi connectivity index (χ1n) is 3.52. The Morgan fingerprint density at radius 1 is 1.67 bits per heavy atom. The summed E-state index contributed by atoms with van der Waals surface area (Å²) in [6.45, 7) is 3.85. The van der Waals surface area contributed by atoms with Gasteiger partial charge in [-0.3, -0.25) is 4.79 Å². The van der Waals surface area contributed by atoms with Gasteiger partial charge in [0, 0.05) is 6.20 Å². The van der Waals surface area contributed by atoms with Crippen LogP contribution in [0, 0.1) is 0 Å². The molecule has 0 bridgehead atoms. The number of rotatable bonds is 4. The summed E-state index contributed by atoms with van der Waals surface area (Å²) in [5, 5.41) is 0. The van der Waals surface area contributed by atoms with Gasteiger partial charge in [0.25, 0.3) is 0 Å². The lowest BCUT2D eigenvalue weighted by molar-refractivity contribution is 0.111. The maximum Gasteiger partial charge on any atom is 0.224 e. The van der Waals surface area contributed by atoms with Gasteiger partial charge >= 0.3 is 0 Å². The van der Waals surface area contributed by atoms with Crippen LogP contribution < -0.4 is 4.74 Å². The van der Waals surface area contributed by atoms with Gasteiger partial charge in [-0.15, -0.1) is 0 Å². The Labute approximate surface area is 70.7 Å². The fourth-order valence-corrected chi connectivity index (χ4v) is 0.751. The smallest absolute Gasteiger partial charge is 0.224 e. The van der Waals surface area contributed by atoms with E-state index < -0.39 is 0 Å². The molecule has 0 unspecified atom stereocenters. The molecule has 0 spiro atoms. The topological polar surface area (TPSA) is 39.2 Å². The largest absolute Gasteiger partial charge is 0.473 e. The maximum atomic E-state index is 10.4. The predicted molar refractivity (Wildman–Crippen MR) is 45.3 cm³/mol. The number of ether oxygens (including phenoxy) is 1. The van der Waals surface area contributed by atoms with Crippen molar-refractivity contribution < 1.29 is 9.53 Å². The van der Waals surface area contributed by atoms with E-state index >= 15 is 0 Å². The Morgan fingerprint density at radius 3 is 3.17 bits per heavy atom. The van der Waals surface area contributed by atoms with E-state index in [2.05, 4.69) is 11.6 Å². The van der Waals surface area contributed by atoms with Gasteiger partial charge in [-0.05, 0) is 12.1 Å². The summed E-state index contributed by atoms with van der Waals surface area (Å²) in [5.74, 6) is 0.354. The monoisotopic (exact) mass is 163 g/mol. The molecule has 1 heterocycles. The molecule has 0 aromatic carbocycles. The van der Waals surface area contributed by atoms with E-state index in [1.807, 2.05) is 0 Å². The van der Waals surface area contributed by atoms with E-state index in [-0.39, 0.29) is 0 Å². The third kappa shape index (κ3) is 1.92. The number of hydrogen-bond donors (Lipinski definition) is 0. The first-order chi connectivity index (χ1) is 5.88. The molecule has 1 rings (SSSR count). The second-order valence-corrected chi connectivity index (χ2v) is 2.12. The zero-order chi connectivity index (χ0) is 8.81. The third-order valence-corrected chi connectivity index (χ3v) is 1.27. The number of carbonyl (C=O) groups excluding carboxylic acids is 1. The van der Waals surface area contributed by atoms with E-state index in [1.165, 1.54) is 0 Å². The minimum absolute atomic E-state index is 0.354. The van der Waals surface area contributed by atoms with Crippen molar-refractivity contribution in [3.8, 4) is 5.88 Å². The summed E-state index contributed by atoms with van der Waals surface area (Å²) < 4.78 is 5.12. The quantitative estimate of drug-likeness (QED) is 0.498. The zero-order valence-electron chi connectivity index (χ0n) is 6.56. The molecule has 3 heteroatoms. The molecule has 0 aliphatic heterocycles. The average Bonchev–Trinajstić information content (AvgIpc) is 2.15. The normalized spacial score (nSPS) is 9.00. The van der Waals surface area contributed by atoms with Crippen LogP contribution in [0.2, 0.25) is 0 Å². The molecule has 0 radical (unpaired) electrons. The van der Waals surface area contributed by atoms with Crippen molar-refractivity contribution in [3.05, 3.63) is 36.5 Å². The fourth-order valence-electron chi connectivity index (χ4n) is 0.751. The Hall–Kier alpha value is -1.64. The molecule has 0 saturated carbocycles. The lowest BCUT2D eigenvalue weighted by atomic mass is 10.3. The number of aromatic nitrogens is 1. The lowest BCUT2D eigenvalue weighted by Crippen LogP contribution is -1.98. The Kier molecular flexibility index (Phi) is 3.02. The van der Waals surface area contributed by atoms with Crippen LogP contribution >= 0.6 is 0 Å². The molecule has 1 aromatic heterocycles. The number of pyridine rings is 1. The molecule has 0 aliphatic rings. The van der Waals surface area contributed by atoms with Gasteiger partial charge in [-0.25, -0.2) is 4.98 Å². The van der Waals surface area contributed by atoms with E-state index in [9.17, 15) is 4.79 Å². The van der Waals surface area contributed by atoms with Crippen LogP contribution in [-0.4, -0.2) is 17.9 Å². The summed E-state index contributed by atoms with van der Waals surface area (Å²) in [6, 6.07) is 3.34. The number of hydrogen-bond acceptors (Lipinski definition) is 3. The molecule has 0 amide bonds. The van der Waals surface area contributed by atoms with Gasteiger partial charge in [0.1, 0.15) is 6.61 Å². The SMILES string of the molecule is C=CCOc1ncccc1C=O. The molecule has 0 aliphatic carbocycles. The summed E-state index contributed by atoms with van der Waals surface area (Å²) in [5.41, 5.74) is 0.458. The Balaban J connectivity index is 2.81. The van der Waals surface area contributed by atoms with Crippen molar-refractivity contribution in [3.63, 3.8) is 0 Å². The minimum Gasteiger partial charge on any atom is -0.473 e. The van der Waals surface area contributed by atoms with Crippen LogP contribution in [0.3, 0.4) is 0 Å². The average molecular weight is 163 g/mol. The van der Waals surface area contributed by atoms with Crippen LogP contribution in [0.15, 0.2) is 31.0 Å². The summed E-state index contributed by atoms with van der Waals surface area (Å²) in [4.78, 5) is 14.3. The second kappa shape index (κ2) is 4.28. The van der Waals surface area contributed by atoms with Crippen molar-refractivity contribution in [2.45, 2.75) is 0 Å². The van der Waals surface area contributed by atoms with Crippen LogP contribution in [0.1, 0.15) is 10.4 Å². The summed E-state index contributed by atoms with van der Waals surface area (Å²) >= 11 is 0. The van der Waals surface area contributed by atoms with E-state index in [4.69, 9.17) is 4.74 Å². The number of nitrogens with zero attached hydrogens (tertiary/aromatic N) is 1. The predicted octanol–water partition coefficient (Wildman–Crippen LogP) is 1.46. The first kappa shape index (κ1) is 8.46. The highest BCUT2D eigenvalue weighted by Crippen LogP contribution is 2.10. The van der Waals surface area contributed by atoms with E-state index in [0.717, 1.165) is 0 Å². The number of aldehydes is 1. The van der Waals surface area contributed by atoms with Gasteiger partial charge in [-0.2, -0.15) is 0 Å². The van der Waals surface area contributed by atoms with E-state index in [0.29, 0.717) is 24.3 Å². The van der Waals surface area contributed by atoms with Gasteiger partial charge in [0.15, 0.2) is 6.29 Å².